The minimum atomic E-state index is -0.154. The first-order chi connectivity index (χ1) is 11.6. The van der Waals surface area contributed by atoms with Crippen molar-refractivity contribution in [3.8, 4) is 0 Å². The maximum absolute atomic E-state index is 9.80. The van der Waals surface area contributed by atoms with Gasteiger partial charge in [-0.3, -0.25) is 0 Å². The molecule has 3 rings (SSSR count). The van der Waals surface area contributed by atoms with Gasteiger partial charge in [-0.05, 0) is 23.8 Å². The fraction of sp³-hybridized carbons (Fsp3) is 0.550. The van der Waals surface area contributed by atoms with Gasteiger partial charge in [0.25, 0.3) is 0 Å². The summed E-state index contributed by atoms with van der Waals surface area (Å²) in [5.74, 6) is 0.997. The molecular weight excluding hydrogens is 316 g/mol. The molecule has 1 fully saturated rings. The SMILES string of the molecule is CC(C)(CO)C(CNCc1cnc(C2CCC2)s1)c1ccccc1. The van der Waals surface area contributed by atoms with Crippen LogP contribution < -0.4 is 5.32 Å². The molecule has 0 aliphatic heterocycles. The minimum Gasteiger partial charge on any atom is -0.396 e. The largest absolute Gasteiger partial charge is 0.396 e. The van der Waals surface area contributed by atoms with Gasteiger partial charge < -0.3 is 10.4 Å². The Hall–Kier alpha value is -1.23. The molecular formula is C20H28N2OS. The molecule has 1 heterocycles. The van der Waals surface area contributed by atoms with Crippen LogP contribution in [0.5, 0.6) is 0 Å². The topological polar surface area (TPSA) is 45.1 Å². The van der Waals surface area contributed by atoms with Crippen molar-refractivity contribution in [2.75, 3.05) is 13.2 Å². The third-order valence-electron chi connectivity index (χ3n) is 5.23. The van der Waals surface area contributed by atoms with Crippen molar-refractivity contribution in [2.24, 2.45) is 5.41 Å². The number of benzene rings is 1. The van der Waals surface area contributed by atoms with Crippen molar-refractivity contribution in [1.29, 1.82) is 0 Å². The number of thiazole rings is 1. The molecule has 2 N–H and O–H groups in total. The molecule has 130 valence electrons. The summed E-state index contributed by atoms with van der Waals surface area (Å²) in [4.78, 5) is 5.91. The lowest BCUT2D eigenvalue weighted by molar-refractivity contribution is 0.129. The third kappa shape index (κ3) is 4.05. The Balaban J connectivity index is 1.60. The van der Waals surface area contributed by atoms with Crippen LogP contribution in [0.15, 0.2) is 36.5 Å². The van der Waals surface area contributed by atoms with E-state index < -0.39 is 0 Å². The molecule has 1 saturated carbocycles. The van der Waals surface area contributed by atoms with E-state index in [0.717, 1.165) is 13.1 Å². The van der Waals surface area contributed by atoms with Crippen molar-refractivity contribution in [3.05, 3.63) is 52.0 Å². The van der Waals surface area contributed by atoms with Gasteiger partial charge in [-0.2, -0.15) is 0 Å². The first-order valence-electron chi connectivity index (χ1n) is 8.91. The molecule has 1 atom stereocenters. The predicted molar refractivity (Wildman–Crippen MR) is 100 cm³/mol. The van der Waals surface area contributed by atoms with Crippen LogP contribution in [0, 0.1) is 5.41 Å². The maximum Gasteiger partial charge on any atom is 0.0959 e. The Morgan fingerprint density at radius 3 is 2.67 bits per heavy atom. The van der Waals surface area contributed by atoms with Crippen molar-refractivity contribution >= 4 is 11.3 Å². The molecule has 3 nitrogen and oxygen atoms in total. The molecule has 0 spiro atoms. The molecule has 1 aliphatic rings. The monoisotopic (exact) mass is 344 g/mol. The first kappa shape index (κ1) is 17.6. The van der Waals surface area contributed by atoms with Crippen LogP contribution in [0.4, 0.5) is 0 Å². The smallest absolute Gasteiger partial charge is 0.0959 e. The van der Waals surface area contributed by atoms with Crippen LogP contribution in [0.1, 0.15) is 60.4 Å². The van der Waals surface area contributed by atoms with Crippen LogP contribution in [0.3, 0.4) is 0 Å². The summed E-state index contributed by atoms with van der Waals surface area (Å²) < 4.78 is 0. The van der Waals surface area contributed by atoms with Gasteiger partial charge in [0.05, 0.1) is 5.01 Å². The number of aromatic nitrogens is 1. The van der Waals surface area contributed by atoms with Gasteiger partial charge in [-0.25, -0.2) is 4.98 Å². The maximum atomic E-state index is 9.80. The fourth-order valence-electron chi connectivity index (χ4n) is 3.23. The molecule has 0 bridgehead atoms. The highest BCUT2D eigenvalue weighted by atomic mass is 32.1. The van der Waals surface area contributed by atoms with E-state index in [9.17, 15) is 5.11 Å². The average molecular weight is 345 g/mol. The number of hydrogen-bond donors (Lipinski definition) is 2. The molecule has 4 heteroatoms. The average Bonchev–Trinajstić information content (AvgIpc) is 2.99. The molecule has 1 aliphatic carbocycles. The van der Waals surface area contributed by atoms with E-state index in [2.05, 4.69) is 48.4 Å². The van der Waals surface area contributed by atoms with Gasteiger partial charge in [-0.1, -0.05) is 50.6 Å². The van der Waals surface area contributed by atoms with E-state index in [4.69, 9.17) is 0 Å². The van der Waals surface area contributed by atoms with Crippen molar-refractivity contribution < 1.29 is 5.11 Å². The lowest BCUT2D eigenvalue weighted by Crippen LogP contribution is -2.34. The normalized spacial score (nSPS) is 16.8. The number of nitrogens with one attached hydrogen (secondary N) is 1. The zero-order valence-corrected chi connectivity index (χ0v) is 15.5. The lowest BCUT2D eigenvalue weighted by Gasteiger charge is -2.33. The zero-order valence-electron chi connectivity index (χ0n) is 14.7. The summed E-state index contributed by atoms with van der Waals surface area (Å²) in [5, 5.41) is 14.7. The van der Waals surface area contributed by atoms with Gasteiger partial charge in [0.15, 0.2) is 0 Å². The Morgan fingerprint density at radius 2 is 2.04 bits per heavy atom. The van der Waals surface area contributed by atoms with Crippen molar-refractivity contribution in [3.63, 3.8) is 0 Å². The zero-order chi connectivity index (χ0) is 17.0. The molecule has 1 aromatic heterocycles. The van der Waals surface area contributed by atoms with Gasteiger partial charge in [-0.15, -0.1) is 11.3 Å². The van der Waals surface area contributed by atoms with E-state index in [1.165, 1.54) is 34.7 Å². The van der Waals surface area contributed by atoms with E-state index in [-0.39, 0.29) is 17.9 Å². The van der Waals surface area contributed by atoms with Crippen LogP contribution >= 0.6 is 11.3 Å². The number of hydrogen-bond acceptors (Lipinski definition) is 4. The summed E-state index contributed by atoms with van der Waals surface area (Å²) in [7, 11) is 0. The quantitative estimate of drug-likeness (QED) is 0.750. The molecule has 1 aromatic carbocycles. The Labute approximate surface area is 149 Å². The fourth-order valence-corrected chi connectivity index (χ4v) is 4.28. The van der Waals surface area contributed by atoms with E-state index >= 15 is 0 Å². The summed E-state index contributed by atoms with van der Waals surface area (Å²) in [6.45, 7) is 6.16. The third-order valence-corrected chi connectivity index (χ3v) is 6.39. The summed E-state index contributed by atoms with van der Waals surface area (Å²) in [5.41, 5.74) is 1.13. The number of aliphatic hydroxyl groups is 1. The molecule has 0 radical (unpaired) electrons. The highest BCUT2D eigenvalue weighted by Crippen LogP contribution is 2.38. The minimum absolute atomic E-state index is 0.154. The van der Waals surface area contributed by atoms with Crippen LogP contribution in [0.25, 0.3) is 0 Å². The second-order valence-corrected chi connectivity index (χ2v) is 8.68. The van der Waals surface area contributed by atoms with Crippen LogP contribution in [0.2, 0.25) is 0 Å². The summed E-state index contributed by atoms with van der Waals surface area (Å²) >= 11 is 1.85. The molecule has 1 unspecified atom stereocenters. The predicted octanol–water partition coefficient (Wildman–Crippen LogP) is 4.30. The van der Waals surface area contributed by atoms with Crippen LogP contribution in [-0.2, 0) is 6.54 Å². The summed E-state index contributed by atoms with van der Waals surface area (Å²) in [6.07, 6.45) is 6.00. The van der Waals surface area contributed by atoms with Gasteiger partial charge in [0.1, 0.15) is 0 Å². The second kappa shape index (κ2) is 7.77. The summed E-state index contributed by atoms with van der Waals surface area (Å²) in [6, 6.07) is 10.5. The van der Waals surface area contributed by atoms with E-state index in [1.54, 1.807) is 0 Å². The van der Waals surface area contributed by atoms with Gasteiger partial charge in [0.2, 0.25) is 0 Å². The molecule has 2 aromatic rings. The number of aliphatic hydroxyl groups excluding tert-OH is 1. The van der Waals surface area contributed by atoms with Crippen molar-refractivity contribution in [2.45, 2.75) is 51.5 Å². The Morgan fingerprint density at radius 1 is 1.29 bits per heavy atom. The first-order valence-corrected chi connectivity index (χ1v) is 9.73. The highest BCUT2D eigenvalue weighted by molar-refractivity contribution is 7.11. The van der Waals surface area contributed by atoms with Crippen LogP contribution in [-0.4, -0.2) is 23.2 Å². The highest BCUT2D eigenvalue weighted by Gasteiger charge is 2.30. The van der Waals surface area contributed by atoms with E-state index in [0.29, 0.717) is 5.92 Å². The van der Waals surface area contributed by atoms with Gasteiger partial charge in [0, 0.05) is 42.6 Å². The van der Waals surface area contributed by atoms with E-state index in [1.807, 2.05) is 23.6 Å². The number of nitrogens with zero attached hydrogens (tertiary/aromatic N) is 1. The Bertz CT molecular complexity index is 634. The lowest BCUT2D eigenvalue weighted by atomic mass is 9.75. The van der Waals surface area contributed by atoms with Crippen molar-refractivity contribution in [1.82, 2.24) is 10.3 Å². The molecule has 0 amide bonds. The number of rotatable bonds is 8. The van der Waals surface area contributed by atoms with Gasteiger partial charge >= 0.3 is 0 Å². The molecule has 0 saturated heterocycles. The standard InChI is InChI=1S/C20H28N2OS/c1-20(2,14-23)18(15-7-4-3-5-8-15)13-21-11-17-12-22-19(24-17)16-9-6-10-16/h3-5,7-8,12,16,18,21,23H,6,9-11,13-14H2,1-2H3. The molecule has 24 heavy (non-hydrogen) atoms. The Kier molecular flexibility index (Phi) is 5.69. The second-order valence-electron chi connectivity index (χ2n) is 7.53.